The minimum absolute atomic E-state index is 0.0256. The van der Waals surface area contributed by atoms with Gasteiger partial charge in [-0.3, -0.25) is 4.79 Å². The summed E-state index contributed by atoms with van der Waals surface area (Å²) in [4.78, 5) is 11.7. The molecule has 0 aliphatic rings. The molecular formula is C23H17Cl3F9NOS. The molecule has 0 saturated heterocycles. The number of thioether (sulfide) groups is 1. The van der Waals surface area contributed by atoms with Gasteiger partial charge in [0.15, 0.2) is 0 Å². The lowest BCUT2D eigenvalue weighted by Crippen LogP contribution is -2.23. The number of nitrogens with two attached hydrogens (primary N) is 1. The normalized spacial score (nSPS) is 14.6. The van der Waals surface area contributed by atoms with E-state index in [1.54, 1.807) is 0 Å². The van der Waals surface area contributed by atoms with Crippen LogP contribution < -0.4 is 5.73 Å². The fourth-order valence-corrected chi connectivity index (χ4v) is 5.09. The molecule has 0 fully saturated rings. The molecule has 15 heteroatoms. The standard InChI is InChI=1S/C23H17Cl3F9NOS/c1-9(7-38-8-17(28)29)18-11(2-3-12(21(36)37)19(18)23(33,34)35)16(27)6-13(22(30,31)32)10-4-14(24)20(26)15(25)5-10/h2-6,9,13,17H,7-8H2,1H3,(H2,36,37)/b16-6-/t9-,13?/m0/s1. The van der Waals surface area contributed by atoms with Crippen LogP contribution in [0.3, 0.4) is 0 Å². The van der Waals surface area contributed by atoms with Gasteiger partial charge in [-0.1, -0.05) is 47.8 Å². The quantitative estimate of drug-likeness (QED) is 0.221. The van der Waals surface area contributed by atoms with E-state index in [-0.39, 0.29) is 21.1 Å². The number of allylic oxidation sites excluding steroid dienone is 1. The van der Waals surface area contributed by atoms with Gasteiger partial charge >= 0.3 is 12.4 Å². The minimum Gasteiger partial charge on any atom is -0.366 e. The molecule has 0 aliphatic carbocycles. The maximum atomic E-state index is 15.5. The van der Waals surface area contributed by atoms with Gasteiger partial charge in [0.2, 0.25) is 12.3 Å². The van der Waals surface area contributed by atoms with Crippen molar-refractivity contribution in [3.05, 3.63) is 73.2 Å². The Morgan fingerprint density at radius 1 is 1.00 bits per heavy atom. The van der Waals surface area contributed by atoms with Gasteiger partial charge in [-0.05, 0) is 41.3 Å². The van der Waals surface area contributed by atoms with Crippen molar-refractivity contribution in [2.24, 2.45) is 5.73 Å². The molecule has 1 unspecified atom stereocenters. The van der Waals surface area contributed by atoms with Crippen LogP contribution >= 0.6 is 46.6 Å². The SMILES string of the molecule is C[C@@H](CSCC(F)F)c1c(/C(F)=C/C(c2cc(Cl)c(Cl)c(Cl)c2)C(F)(F)F)ccc(C(N)=O)c1C(F)(F)F. The zero-order valence-corrected chi connectivity index (χ0v) is 22.0. The summed E-state index contributed by atoms with van der Waals surface area (Å²) in [6.45, 7) is 1.13. The Balaban J connectivity index is 2.81. The van der Waals surface area contributed by atoms with Crippen molar-refractivity contribution in [1.82, 2.24) is 0 Å². The van der Waals surface area contributed by atoms with Crippen molar-refractivity contribution in [2.45, 2.75) is 37.5 Å². The lowest BCUT2D eigenvalue weighted by Gasteiger charge is -2.24. The third kappa shape index (κ3) is 7.89. The molecule has 0 heterocycles. The number of carbonyl (C=O) groups excluding carboxylic acids is 1. The van der Waals surface area contributed by atoms with Gasteiger partial charge in [-0.15, -0.1) is 0 Å². The van der Waals surface area contributed by atoms with Crippen molar-refractivity contribution in [3.8, 4) is 0 Å². The number of benzene rings is 2. The van der Waals surface area contributed by atoms with Crippen LogP contribution in [0.5, 0.6) is 0 Å². The van der Waals surface area contributed by atoms with E-state index in [0.29, 0.717) is 23.9 Å². The zero-order chi connectivity index (χ0) is 29.2. The number of primary amides is 1. The predicted molar refractivity (Wildman–Crippen MR) is 131 cm³/mol. The number of hydrogen-bond donors (Lipinski definition) is 1. The van der Waals surface area contributed by atoms with Crippen LogP contribution in [0.1, 0.15) is 51.4 Å². The van der Waals surface area contributed by atoms with Gasteiger partial charge < -0.3 is 5.73 Å². The second kappa shape index (κ2) is 12.6. The van der Waals surface area contributed by atoms with Gasteiger partial charge in [0, 0.05) is 11.3 Å². The summed E-state index contributed by atoms with van der Waals surface area (Å²) in [5, 5.41) is -1.03. The van der Waals surface area contributed by atoms with E-state index in [1.165, 1.54) is 0 Å². The van der Waals surface area contributed by atoms with Crippen LogP contribution in [0, 0.1) is 0 Å². The number of rotatable bonds is 9. The van der Waals surface area contributed by atoms with Crippen LogP contribution in [0.2, 0.25) is 15.1 Å². The molecule has 0 spiro atoms. The number of amides is 1. The Labute approximate surface area is 230 Å². The topological polar surface area (TPSA) is 43.1 Å². The Kier molecular flexibility index (Phi) is 10.8. The number of alkyl halides is 8. The van der Waals surface area contributed by atoms with Crippen molar-refractivity contribution in [3.63, 3.8) is 0 Å². The fourth-order valence-electron chi connectivity index (χ4n) is 3.64. The van der Waals surface area contributed by atoms with Crippen LogP contribution in [-0.2, 0) is 6.18 Å². The van der Waals surface area contributed by atoms with Crippen LogP contribution in [0.4, 0.5) is 39.5 Å². The van der Waals surface area contributed by atoms with E-state index in [0.717, 1.165) is 19.1 Å². The first kappa shape index (κ1) is 32.5. The van der Waals surface area contributed by atoms with Crippen molar-refractivity contribution in [2.75, 3.05) is 11.5 Å². The minimum atomic E-state index is -5.29. The Morgan fingerprint density at radius 3 is 1.97 bits per heavy atom. The molecule has 0 bridgehead atoms. The van der Waals surface area contributed by atoms with Gasteiger partial charge in [0.05, 0.1) is 31.9 Å². The molecule has 2 N–H and O–H groups in total. The smallest absolute Gasteiger partial charge is 0.366 e. The van der Waals surface area contributed by atoms with E-state index in [4.69, 9.17) is 40.5 Å². The highest BCUT2D eigenvalue weighted by atomic mass is 35.5. The monoisotopic (exact) mass is 631 g/mol. The number of carbonyl (C=O) groups is 1. The van der Waals surface area contributed by atoms with E-state index in [1.807, 2.05) is 0 Å². The summed E-state index contributed by atoms with van der Waals surface area (Å²) >= 11 is 17.9. The van der Waals surface area contributed by atoms with Crippen molar-refractivity contribution < 1.29 is 44.3 Å². The van der Waals surface area contributed by atoms with Gasteiger partial charge in [-0.2, -0.15) is 38.1 Å². The molecule has 0 saturated carbocycles. The van der Waals surface area contributed by atoms with Crippen molar-refractivity contribution in [1.29, 1.82) is 0 Å². The maximum absolute atomic E-state index is 15.5. The summed E-state index contributed by atoms with van der Waals surface area (Å²) in [6, 6.07) is 2.77. The predicted octanol–water partition coefficient (Wildman–Crippen LogP) is 9.52. The molecule has 2 rings (SSSR count). The first-order valence-corrected chi connectivity index (χ1v) is 12.6. The fraction of sp³-hybridized carbons (Fsp3) is 0.348. The second-order valence-electron chi connectivity index (χ2n) is 7.97. The van der Waals surface area contributed by atoms with Crippen LogP contribution in [0.15, 0.2) is 30.3 Å². The zero-order valence-electron chi connectivity index (χ0n) is 19.0. The lowest BCUT2D eigenvalue weighted by molar-refractivity contribution is -0.140. The highest BCUT2D eigenvalue weighted by Crippen LogP contribution is 2.45. The van der Waals surface area contributed by atoms with Crippen molar-refractivity contribution >= 4 is 58.3 Å². The van der Waals surface area contributed by atoms with Gasteiger partial charge in [0.25, 0.3) is 0 Å². The highest BCUT2D eigenvalue weighted by Gasteiger charge is 2.42. The Bertz CT molecular complexity index is 1190. The molecule has 2 atom stereocenters. The third-order valence-corrected chi connectivity index (χ3v) is 7.61. The van der Waals surface area contributed by atoms with Crippen LogP contribution in [0.25, 0.3) is 5.83 Å². The summed E-state index contributed by atoms with van der Waals surface area (Å²) in [7, 11) is 0. The summed E-state index contributed by atoms with van der Waals surface area (Å²) < 4.78 is 125. The van der Waals surface area contributed by atoms with Gasteiger partial charge in [-0.25, -0.2) is 13.2 Å². The first-order valence-electron chi connectivity index (χ1n) is 10.3. The molecule has 1 amide bonds. The highest BCUT2D eigenvalue weighted by molar-refractivity contribution is 7.99. The van der Waals surface area contributed by atoms with E-state index >= 15 is 4.39 Å². The number of hydrogen-bond acceptors (Lipinski definition) is 2. The van der Waals surface area contributed by atoms with E-state index in [9.17, 15) is 39.9 Å². The summed E-state index contributed by atoms with van der Waals surface area (Å²) in [6.07, 6.45) is -13.2. The average Bonchev–Trinajstić information content (AvgIpc) is 2.77. The molecule has 210 valence electrons. The summed E-state index contributed by atoms with van der Waals surface area (Å²) in [5.74, 6) is -8.48. The molecule has 0 aliphatic heterocycles. The molecule has 2 nitrogen and oxygen atoms in total. The average molecular weight is 633 g/mol. The molecule has 38 heavy (non-hydrogen) atoms. The molecular weight excluding hydrogens is 616 g/mol. The van der Waals surface area contributed by atoms with Crippen LogP contribution in [-0.4, -0.2) is 30.0 Å². The third-order valence-electron chi connectivity index (χ3n) is 5.19. The molecule has 2 aromatic rings. The maximum Gasteiger partial charge on any atom is 0.417 e. The first-order chi connectivity index (χ1) is 17.4. The van der Waals surface area contributed by atoms with E-state index in [2.05, 4.69) is 0 Å². The summed E-state index contributed by atoms with van der Waals surface area (Å²) in [5.41, 5.74) is -0.144. The van der Waals surface area contributed by atoms with E-state index < -0.39 is 81.7 Å². The Morgan fingerprint density at radius 2 is 1.53 bits per heavy atom. The molecule has 0 aromatic heterocycles. The van der Waals surface area contributed by atoms with Gasteiger partial charge in [0.1, 0.15) is 11.7 Å². The second-order valence-corrected chi connectivity index (χ2v) is 10.2. The number of halogens is 12. The molecule has 2 aromatic carbocycles. The lowest BCUT2D eigenvalue weighted by atomic mass is 9.86. The molecule has 0 radical (unpaired) electrons. The Hall–Kier alpha value is -1.76. The largest absolute Gasteiger partial charge is 0.417 e.